The molecular weight excluding hydrogens is 460 g/mol. The van der Waals surface area contributed by atoms with Crippen LogP contribution in [0.15, 0.2) is 50.9 Å². The summed E-state index contributed by atoms with van der Waals surface area (Å²) in [5, 5.41) is 25.5. The van der Waals surface area contributed by atoms with Crippen molar-refractivity contribution in [1.29, 1.82) is 0 Å². The number of hydrogen-bond donors (Lipinski definition) is 1. The molecule has 2 aromatic carbocycles. The number of amides is 1. The number of carbonyl (C=O) groups excluding carboxylic acids is 1. The Balaban J connectivity index is 1.90. The Labute approximate surface area is 170 Å². The van der Waals surface area contributed by atoms with Crippen molar-refractivity contribution in [2.75, 3.05) is 5.32 Å². The number of halogens is 2. The number of aromatic nitrogens is 4. The van der Waals surface area contributed by atoms with Crippen LogP contribution in [0, 0.1) is 10.1 Å². The molecule has 0 aliphatic heterocycles. The third-order valence-electron chi connectivity index (χ3n) is 3.38. The Morgan fingerprint density at radius 3 is 2.78 bits per heavy atom. The van der Waals surface area contributed by atoms with Crippen molar-refractivity contribution in [2.24, 2.45) is 7.05 Å². The summed E-state index contributed by atoms with van der Waals surface area (Å²) in [6, 6.07) is 9.19. The van der Waals surface area contributed by atoms with Gasteiger partial charge in [0.25, 0.3) is 11.6 Å². The molecule has 1 aromatic heterocycles. The average Bonchev–Trinajstić information content (AvgIpc) is 3.02. The largest absolute Gasteiger partial charge is 0.321 e. The normalized spacial score (nSPS) is 10.6. The van der Waals surface area contributed by atoms with E-state index in [1.807, 2.05) is 6.07 Å². The zero-order valence-electron chi connectivity index (χ0n) is 13.6. The first-order chi connectivity index (χ1) is 12.8. The fraction of sp³-hybridized carbons (Fsp3) is 0.0667. The molecule has 1 N–H and O–H groups in total. The van der Waals surface area contributed by atoms with E-state index in [9.17, 15) is 14.9 Å². The van der Waals surface area contributed by atoms with Crippen LogP contribution >= 0.6 is 39.3 Å². The first-order valence-electron chi connectivity index (χ1n) is 7.30. The van der Waals surface area contributed by atoms with Gasteiger partial charge in [-0.3, -0.25) is 14.9 Å². The van der Waals surface area contributed by atoms with E-state index >= 15 is 0 Å². The molecule has 0 bridgehead atoms. The number of anilines is 1. The molecule has 0 spiro atoms. The summed E-state index contributed by atoms with van der Waals surface area (Å²) in [5.41, 5.74) is 0.278. The highest BCUT2D eigenvalue weighted by molar-refractivity contribution is 9.10. The lowest BCUT2D eigenvalue weighted by atomic mass is 10.2. The Kier molecular flexibility index (Phi) is 5.73. The molecule has 0 saturated carbocycles. The second-order valence-corrected chi connectivity index (χ2v) is 7.54. The summed E-state index contributed by atoms with van der Waals surface area (Å²) in [4.78, 5) is 23.7. The molecule has 0 saturated heterocycles. The quantitative estimate of drug-likeness (QED) is 0.444. The van der Waals surface area contributed by atoms with E-state index in [-0.39, 0.29) is 16.3 Å². The molecule has 3 rings (SSSR count). The molecule has 27 heavy (non-hydrogen) atoms. The van der Waals surface area contributed by atoms with Crippen LogP contribution in [0.3, 0.4) is 0 Å². The van der Waals surface area contributed by atoms with Crippen LogP contribution in [0.25, 0.3) is 0 Å². The van der Waals surface area contributed by atoms with Crippen molar-refractivity contribution in [3.05, 3.63) is 61.6 Å². The Hall–Kier alpha value is -2.50. The maximum Gasteiger partial charge on any atom is 0.288 e. The highest BCUT2D eigenvalue weighted by atomic mass is 79.9. The van der Waals surface area contributed by atoms with Crippen LogP contribution < -0.4 is 5.32 Å². The van der Waals surface area contributed by atoms with Gasteiger partial charge in [-0.25, -0.2) is 4.68 Å². The average molecular weight is 470 g/mol. The van der Waals surface area contributed by atoms with Gasteiger partial charge in [0, 0.05) is 28.0 Å². The van der Waals surface area contributed by atoms with Gasteiger partial charge >= 0.3 is 0 Å². The van der Waals surface area contributed by atoms with Crippen LogP contribution in [0.1, 0.15) is 10.4 Å². The zero-order valence-corrected chi connectivity index (χ0v) is 16.7. The molecule has 3 aromatic rings. The molecule has 12 heteroatoms. The summed E-state index contributed by atoms with van der Waals surface area (Å²) in [6.07, 6.45) is 0. The number of nitrogens with one attached hydrogen (secondary N) is 1. The molecule has 0 atom stereocenters. The van der Waals surface area contributed by atoms with E-state index in [2.05, 4.69) is 36.8 Å². The van der Waals surface area contributed by atoms with Crippen LogP contribution in [-0.4, -0.2) is 31.0 Å². The molecule has 1 amide bonds. The van der Waals surface area contributed by atoms with Gasteiger partial charge in [-0.05, 0) is 52.5 Å². The van der Waals surface area contributed by atoms with E-state index in [0.717, 1.165) is 10.5 Å². The summed E-state index contributed by atoms with van der Waals surface area (Å²) < 4.78 is 2.25. The topological polar surface area (TPSA) is 116 Å². The smallest absolute Gasteiger partial charge is 0.288 e. The Bertz CT molecular complexity index is 1040. The first kappa shape index (κ1) is 19.3. The minimum absolute atomic E-state index is 0.0370. The lowest BCUT2D eigenvalue weighted by Gasteiger charge is -2.11. The van der Waals surface area contributed by atoms with Crippen LogP contribution in [-0.2, 0) is 7.05 Å². The number of aryl methyl sites for hydroxylation is 1. The number of benzene rings is 2. The molecule has 0 unspecified atom stereocenters. The van der Waals surface area contributed by atoms with Crippen molar-refractivity contribution in [3.8, 4) is 0 Å². The second kappa shape index (κ2) is 8.03. The summed E-state index contributed by atoms with van der Waals surface area (Å²) >= 11 is 10.4. The molecule has 1 heterocycles. The summed E-state index contributed by atoms with van der Waals surface area (Å²) in [5.74, 6) is -0.509. The maximum absolute atomic E-state index is 12.6. The zero-order chi connectivity index (χ0) is 19.6. The van der Waals surface area contributed by atoms with Gasteiger partial charge in [-0.15, -0.1) is 5.10 Å². The third kappa shape index (κ3) is 4.43. The fourth-order valence-electron chi connectivity index (χ4n) is 2.08. The molecule has 0 aliphatic rings. The first-order valence-corrected chi connectivity index (χ1v) is 9.29. The highest BCUT2D eigenvalue weighted by Gasteiger charge is 2.18. The van der Waals surface area contributed by atoms with E-state index < -0.39 is 10.8 Å². The predicted octanol–water partition coefficient (Wildman–Crippen LogP) is 3.94. The lowest BCUT2D eigenvalue weighted by Crippen LogP contribution is -2.13. The van der Waals surface area contributed by atoms with Crippen molar-refractivity contribution >= 4 is 56.6 Å². The number of tetrazole rings is 1. The van der Waals surface area contributed by atoms with Gasteiger partial charge in [-0.2, -0.15) is 0 Å². The second-order valence-electron chi connectivity index (χ2n) is 5.21. The SMILES string of the molecule is Cn1nnnc1Sc1ccc(Br)cc1NC(=O)c1ccc(Cl)c([N+](=O)[O-])c1. The molecule has 9 nitrogen and oxygen atoms in total. The van der Waals surface area contributed by atoms with Gasteiger partial charge in [-0.1, -0.05) is 27.5 Å². The van der Waals surface area contributed by atoms with Crippen molar-refractivity contribution in [2.45, 2.75) is 10.1 Å². The molecular formula is C15H10BrClN6O3S. The molecule has 0 fully saturated rings. The maximum atomic E-state index is 12.6. The van der Waals surface area contributed by atoms with Crippen molar-refractivity contribution in [1.82, 2.24) is 20.2 Å². The van der Waals surface area contributed by atoms with Gasteiger partial charge in [0.15, 0.2) is 0 Å². The molecule has 138 valence electrons. The lowest BCUT2D eigenvalue weighted by molar-refractivity contribution is -0.384. The van der Waals surface area contributed by atoms with Gasteiger partial charge in [0.05, 0.1) is 10.6 Å². The Morgan fingerprint density at radius 2 is 2.11 bits per heavy atom. The van der Waals surface area contributed by atoms with Gasteiger partial charge < -0.3 is 5.32 Å². The van der Waals surface area contributed by atoms with Gasteiger partial charge in [0.1, 0.15) is 5.02 Å². The Morgan fingerprint density at radius 1 is 1.33 bits per heavy atom. The van der Waals surface area contributed by atoms with Gasteiger partial charge in [0.2, 0.25) is 5.16 Å². The molecule has 0 radical (unpaired) electrons. The van der Waals surface area contributed by atoms with E-state index in [4.69, 9.17) is 11.6 Å². The fourth-order valence-corrected chi connectivity index (χ4v) is 3.43. The van der Waals surface area contributed by atoms with Crippen molar-refractivity contribution in [3.63, 3.8) is 0 Å². The number of nitrogens with zero attached hydrogens (tertiary/aromatic N) is 5. The number of hydrogen-bond acceptors (Lipinski definition) is 7. The van der Waals surface area contributed by atoms with E-state index in [1.54, 1.807) is 19.2 Å². The monoisotopic (exact) mass is 468 g/mol. The highest BCUT2D eigenvalue weighted by Crippen LogP contribution is 2.34. The predicted molar refractivity (Wildman–Crippen MR) is 103 cm³/mol. The summed E-state index contributed by atoms with van der Waals surface area (Å²) in [6.45, 7) is 0. The third-order valence-corrected chi connectivity index (χ3v) is 5.29. The summed E-state index contributed by atoms with van der Waals surface area (Å²) in [7, 11) is 1.70. The van der Waals surface area contributed by atoms with Crippen molar-refractivity contribution < 1.29 is 9.72 Å². The number of nitro benzene ring substituents is 1. The van der Waals surface area contributed by atoms with E-state index in [1.165, 1.54) is 28.6 Å². The number of rotatable bonds is 5. The standard InChI is InChI=1S/C15H10BrClN6O3S/c1-22-15(19-20-21-22)27-13-5-3-9(16)7-11(13)18-14(24)8-2-4-10(17)12(6-8)23(25)26/h2-7H,1H3,(H,18,24). The minimum Gasteiger partial charge on any atom is -0.321 e. The number of nitro groups is 1. The molecule has 0 aliphatic carbocycles. The van der Waals surface area contributed by atoms with Crippen LogP contribution in [0.2, 0.25) is 5.02 Å². The van der Waals surface area contributed by atoms with E-state index in [0.29, 0.717) is 15.7 Å². The minimum atomic E-state index is -0.638. The van der Waals surface area contributed by atoms with Crippen LogP contribution in [0.5, 0.6) is 0 Å². The number of carbonyl (C=O) groups is 1. The van der Waals surface area contributed by atoms with Crippen LogP contribution in [0.4, 0.5) is 11.4 Å².